The Kier molecular flexibility index (Phi) is 4.72. The van der Waals surface area contributed by atoms with Gasteiger partial charge < -0.3 is 15.4 Å². The summed E-state index contributed by atoms with van der Waals surface area (Å²) < 4.78 is 6.46. The quantitative estimate of drug-likeness (QED) is 0.699. The number of benzene rings is 1. The van der Waals surface area contributed by atoms with Crippen LogP contribution in [0.5, 0.6) is 5.75 Å². The minimum absolute atomic E-state index is 0.149. The average molecular weight is 402 g/mol. The van der Waals surface area contributed by atoms with Gasteiger partial charge in [0.25, 0.3) is 5.91 Å². The van der Waals surface area contributed by atoms with E-state index in [4.69, 9.17) is 16.3 Å². The molecule has 138 valence electrons. The maximum Gasteiger partial charge on any atom is 0.261 e. The lowest BCUT2D eigenvalue weighted by Crippen LogP contribution is -2.26. The van der Waals surface area contributed by atoms with E-state index < -0.39 is 0 Å². The number of hydrogen-bond acceptors (Lipinski definition) is 5. The van der Waals surface area contributed by atoms with Crippen LogP contribution in [0.1, 0.15) is 27.6 Å². The highest BCUT2D eigenvalue weighted by Gasteiger charge is 2.28. The Labute approximate surface area is 164 Å². The van der Waals surface area contributed by atoms with Gasteiger partial charge in [0.05, 0.1) is 34.0 Å². The second-order valence-electron chi connectivity index (χ2n) is 6.15. The van der Waals surface area contributed by atoms with Crippen molar-refractivity contribution in [3.8, 4) is 5.75 Å². The van der Waals surface area contributed by atoms with Gasteiger partial charge in [0.2, 0.25) is 5.91 Å². The fourth-order valence-electron chi connectivity index (χ4n) is 3.15. The molecule has 8 heteroatoms. The number of carbonyl (C=O) groups is 2. The molecule has 1 unspecified atom stereocenters. The normalized spacial score (nSPS) is 15.7. The first-order valence-electron chi connectivity index (χ1n) is 8.39. The molecule has 3 heterocycles. The summed E-state index contributed by atoms with van der Waals surface area (Å²) in [7, 11) is 1.58. The predicted octanol–water partition coefficient (Wildman–Crippen LogP) is 3.81. The lowest BCUT2D eigenvalue weighted by molar-refractivity contribution is -0.118. The minimum atomic E-state index is -0.361. The van der Waals surface area contributed by atoms with Gasteiger partial charge in [-0.1, -0.05) is 11.6 Å². The number of ether oxygens (including phenoxy) is 1. The van der Waals surface area contributed by atoms with Crippen LogP contribution in [0.4, 0.5) is 5.69 Å². The molecule has 2 amide bonds. The maximum atomic E-state index is 13.0. The molecule has 1 aliphatic heterocycles. The third-order valence-corrected chi connectivity index (χ3v) is 5.79. The first-order chi connectivity index (χ1) is 13.1. The molecule has 0 spiro atoms. The van der Waals surface area contributed by atoms with Crippen LogP contribution in [0.15, 0.2) is 36.7 Å². The number of anilines is 1. The van der Waals surface area contributed by atoms with Gasteiger partial charge in [-0.05, 0) is 30.7 Å². The molecule has 6 nitrogen and oxygen atoms in total. The number of aromatic nitrogens is 1. The average Bonchev–Trinajstić information content (AvgIpc) is 3.12. The van der Waals surface area contributed by atoms with Gasteiger partial charge in [0, 0.05) is 29.2 Å². The SMILES string of the molecule is CNC(=O)c1cc2c(NC(=O)C3CCOc4ccc(Cl)cc43)cncc2s1. The van der Waals surface area contributed by atoms with Gasteiger partial charge in [0.1, 0.15) is 5.75 Å². The molecular weight excluding hydrogens is 386 g/mol. The molecule has 1 aliphatic rings. The molecule has 3 aromatic rings. The van der Waals surface area contributed by atoms with E-state index in [1.165, 1.54) is 11.3 Å². The topological polar surface area (TPSA) is 80.3 Å². The summed E-state index contributed by atoms with van der Waals surface area (Å²) >= 11 is 7.43. The van der Waals surface area contributed by atoms with Crippen molar-refractivity contribution in [1.82, 2.24) is 10.3 Å². The largest absolute Gasteiger partial charge is 0.493 e. The van der Waals surface area contributed by atoms with E-state index in [-0.39, 0.29) is 17.7 Å². The number of rotatable bonds is 3. The molecule has 0 fully saturated rings. The van der Waals surface area contributed by atoms with E-state index >= 15 is 0 Å². The fraction of sp³-hybridized carbons (Fsp3) is 0.211. The summed E-state index contributed by atoms with van der Waals surface area (Å²) in [6, 6.07) is 7.07. The van der Waals surface area contributed by atoms with Crippen molar-refractivity contribution in [2.24, 2.45) is 0 Å². The zero-order valence-corrected chi connectivity index (χ0v) is 16.0. The van der Waals surface area contributed by atoms with Gasteiger partial charge in [-0.25, -0.2) is 0 Å². The molecule has 2 N–H and O–H groups in total. The summed E-state index contributed by atoms with van der Waals surface area (Å²) in [6.45, 7) is 0.467. The first-order valence-corrected chi connectivity index (χ1v) is 9.59. The molecule has 0 saturated heterocycles. The van der Waals surface area contributed by atoms with Crippen molar-refractivity contribution in [2.45, 2.75) is 12.3 Å². The van der Waals surface area contributed by atoms with Crippen molar-refractivity contribution in [2.75, 3.05) is 19.0 Å². The zero-order chi connectivity index (χ0) is 19.0. The molecule has 1 atom stereocenters. The molecule has 4 rings (SSSR count). The minimum Gasteiger partial charge on any atom is -0.493 e. The highest BCUT2D eigenvalue weighted by Crippen LogP contribution is 2.37. The van der Waals surface area contributed by atoms with E-state index in [0.29, 0.717) is 34.4 Å². The Morgan fingerprint density at radius 3 is 2.96 bits per heavy atom. The van der Waals surface area contributed by atoms with Gasteiger partial charge in [0.15, 0.2) is 0 Å². The van der Waals surface area contributed by atoms with Crippen LogP contribution in [0, 0.1) is 0 Å². The van der Waals surface area contributed by atoms with Crippen LogP contribution in [0.25, 0.3) is 10.1 Å². The summed E-state index contributed by atoms with van der Waals surface area (Å²) in [5, 5.41) is 6.92. The smallest absolute Gasteiger partial charge is 0.261 e. The number of nitrogens with one attached hydrogen (secondary N) is 2. The van der Waals surface area contributed by atoms with E-state index in [0.717, 1.165) is 15.6 Å². The summed E-state index contributed by atoms with van der Waals surface area (Å²) in [5.74, 6) is 0.00427. The fourth-order valence-corrected chi connectivity index (χ4v) is 4.33. The zero-order valence-electron chi connectivity index (χ0n) is 14.4. The third kappa shape index (κ3) is 3.36. The standard InChI is InChI=1S/C19H16ClN3O3S/c1-21-19(25)16-7-13-14(8-22-9-17(13)27-16)23-18(24)11-4-5-26-15-3-2-10(20)6-12(11)15/h2-3,6-9,11H,4-5H2,1H3,(H,21,25)(H,23,24). The van der Waals surface area contributed by atoms with Gasteiger partial charge in [-0.15, -0.1) is 11.3 Å². The second kappa shape index (κ2) is 7.17. The number of pyridine rings is 1. The van der Waals surface area contributed by atoms with Crippen LogP contribution in [0.3, 0.4) is 0 Å². The van der Waals surface area contributed by atoms with Crippen molar-refractivity contribution in [3.05, 3.63) is 52.1 Å². The highest BCUT2D eigenvalue weighted by atomic mass is 35.5. The number of halogens is 1. The Morgan fingerprint density at radius 1 is 1.30 bits per heavy atom. The van der Waals surface area contributed by atoms with Gasteiger partial charge >= 0.3 is 0 Å². The third-order valence-electron chi connectivity index (χ3n) is 4.48. The summed E-state index contributed by atoms with van der Waals surface area (Å²) in [5.41, 5.74) is 1.36. The molecule has 0 aliphatic carbocycles. The van der Waals surface area contributed by atoms with E-state index in [1.54, 1.807) is 43.7 Å². The number of thiophene rings is 1. The van der Waals surface area contributed by atoms with Crippen LogP contribution >= 0.6 is 22.9 Å². The van der Waals surface area contributed by atoms with Crippen molar-refractivity contribution in [1.29, 1.82) is 0 Å². The number of hydrogen-bond donors (Lipinski definition) is 2. The van der Waals surface area contributed by atoms with Crippen molar-refractivity contribution < 1.29 is 14.3 Å². The Balaban J connectivity index is 1.65. The number of amides is 2. The van der Waals surface area contributed by atoms with E-state index in [2.05, 4.69) is 15.6 Å². The van der Waals surface area contributed by atoms with Gasteiger partial charge in [-0.3, -0.25) is 14.6 Å². The molecule has 0 radical (unpaired) electrons. The monoisotopic (exact) mass is 401 g/mol. The van der Waals surface area contributed by atoms with Crippen LogP contribution < -0.4 is 15.4 Å². The highest BCUT2D eigenvalue weighted by molar-refractivity contribution is 7.20. The van der Waals surface area contributed by atoms with Crippen molar-refractivity contribution >= 4 is 50.5 Å². The number of nitrogens with zero attached hydrogens (tertiary/aromatic N) is 1. The molecule has 1 aromatic carbocycles. The molecule has 2 aromatic heterocycles. The lowest BCUT2D eigenvalue weighted by atomic mass is 9.92. The number of carbonyl (C=O) groups excluding carboxylic acids is 2. The maximum absolute atomic E-state index is 13.0. The van der Waals surface area contributed by atoms with E-state index in [9.17, 15) is 9.59 Å². The van der Waals surface area contributed by atoms with Crippen LogP contribution in [-0.2, 0) is 4.79 Å². The van der Waals surface area contributed by atoms with Crippen LogP contribution in [0.2, 0.25) is 5.02 Å². The first kappa shape index (κ1) is 17.8. The Hall–Kier alpha value is -2.64. The van der Waals surface area contributed by atoms with Crippen molar-refractivity contribution in [3.63, 3.8) is 0 Å². The molecule has 0 saturated carbocycles. The molecular formula is C19H16ClN3O3S. The number of fused-ring (bicyclic) bond motifs is 2. The van der Waals surface area contributed by atoms with Gasteiger partial charge in [-0.2, -0.15) is 0 Å². The Bertz CT molecular complexity index is 1050. The summed E-state index contributed by atoms with van der Waals surface area (Å²) in [6.07, 6.45) is 3.85. The van der Waals surface area contributed by atoms with E-state index in [1.807, 2.05) is 0 Å². The molecule has 0 bridgehead atoms. The predicted molar refractivity (Wildman–Crippen MR) is 106 cm³/mol. The second-order valence-corrected chi connectivity index (χ2v) is 7.67. The lowest BCUT2D eigenvalue weighted by Gasteiger charge is -2.25. The molecule has 27 heavy (non-hydrogen) atoms. The summed E-state index contributed by atoms with van der Waals surface area (Å²) in [4.78, 5) is 29.6. The Morgan fingerprint density at radius 2 is 2.15 bits per heavy atom. The van der Waals surface area contributed by atoms with Crippen LogP contribution in [-0.4, -0.2) is 30.5 Å².